The highest BCUT2D eigenvalue weighted by molar-refractivity contribution is 5.92. The molecule has 6 nitrogen and oxygen atoms in total. The summed E-state index contributed by atoms with van der Waals surface area (Å²) in [6.07, 6.45) is 1.86. The average molecular weight is 368 g/mol. The highest BCUT2D eigenvalue weighted by Crippen LogP contribution is 2.16. The lowest BCUT2D eigenvalue weighted by Gasteiger charge is -2.15. The lowest BCUT2D eigenvalue weighted by atomic mass is 10.1. The molecule has 0 saturated heterocycles. The van der Waals surface area contributed by atoms with E-state index in [-0.39, 0.29) is 17.5 Å². The van der Waals surface area contributed by atoms with Gasteiger partial charge in [-0.25, -0.2) is 14.1 Å². The molecule has 1 amide bonds. The average Bonchev–Trinajstić information content (AvgIpc) is 3.02. The summed E-state index contributed by atoms with van der Waals surface area (Å²) in [6, 6.07) is 12.6. The van der Waals surface area contributed by atoms with Crippen LogP contribution in [0.15, 0.2) is 48.7 Å². The number of aryl methyl sites for hydroxylation is 1. The number of aromatic nitrogens is 3. The number of nitrogens with zero attached hydrogens (tertiary/aromatic N) is 3. The van der Waals surface area contributed by atoms with Gasteiger partial charge in [0.05, 0.1) is 24.7 Å². The standard InChI is InChI=1S/C20H21FN4O2/c1-13(23-20(26)19-18(21)11-17(27-3)12-22-19)9-16-10-14(2)24-25(16)15-7-5-4-6-8-15/h4-8,10-13H,9H2,1-3H3,(H,23,26). The summed E-state index contributed by atoms with van der Waals surface area (Å²) < 4.78 is 20.8. The molecule has 2 aromatic heterocycles. The Labute approximate surface area is 157 Å². The molecule has 0 spiro atoms. The van der Waals surface area contributed by atoms with Gasteiger partial charge >= 0.3 is 0 Å². The Kier molecular flexibility index (Phi) is 5.49. The largest absolute Gasteiger partial charge is 0.495 e. The molecular weight excluding hydrogens is 347 g/mol. The molecule has 2 heterocycles. The molecular formula is C20H21FN4O2. The maximum absolute atomic E-state index is 14.0. The highest BCUT2D eigenvalue weighted by Gasteiger charge is 2.18. The molecule has 0 aliphatic heterocycles. The Hall–Kier alpha value is -3.22. The number of para-hydroxylation sites is 1. The number of ether oxygens (including phenoxy) is 1. The number of benzene rings is 1. The van der Waals surface area contributed by atoms with E-state index in [0.29, 0.717) is 6.42 Å². The van der Waals surface area contributed by atoms with Gasteiger partial charge in [0.2, 0.25) is 0 Å². The number of hydrogen-bond acceptors (Lipinski definition) is 4. The fraction of sp³-hybridized carbons (Fsp3) is 0.250. The summed E-state index contributed by atoms with van der Waals surface area (Å²) in [5.74, 6) is -1.02. The van der Waals surface area contributed by atoms with Crippen LogP contribution >= 0.6 is 0 Å². The molecule has 7 heteroatoms. The minimum absolute atomic E-state index is 0.237. The van der Waals surface area contributed by atoms with E-state index in [9.17, 15) is 9.18 Å². The van der Waals surface area contributed by atoms with Crippen molar-refractivity contribution in [2.24, 2.45) is 0 Å². The summed E-state index contributed by atoms with van der Waals surface area (Å²) in [4.78, 5) is 16.2. The van der Waals surface area contributed by atoms with E-state index in [1.807, 2.05) is 54.9 Å². The van der Waals surface area contributed by atoms with Crippen LogP contribution < -0.4 is 10.1 Å². The van der Waals surface area contributed by atoms with Crippen molar-refractivity contribution in [3.8, 4) is 11.4 Å². The second-order valence-corrected chi connectivity index (χ2v) is 6.31. The number of carbonyl (C=O) groups excluding carboxylic acids is 1. The van der Waals surface area contributed by atoms with Gasteiger partial charge in [-0.1, -0.05) is 18.2 Å². The number of pyridine rings is 1. The van der Waals surface area contributed by atoms with Crippen LogP contribution in [0.1, 0.15) is 28.8 Å². The van der Waals surface area contributed by atoms with Gasteiger partial charge in [-0.2, -0.15) is 5.10 Å². The molecule has 140 valence electrons. The van der Waals surface area contributed by atoms with Gasteiger partial charge in [0.25, 0.3) is 5.91 Å². The summed E-state index contributed by atoms with van der Waals surface area (Å²) in [6.45, 7) is 3.78. The number of methoxy groups -OCH3 is 1. The van der Waals surface area contributed by atoms with Crippen LogP contribution in [-0.2, 0) is 6.42 Å². The summed E-state index contributed by atoms with van der Waals surface area (Å²) in [5.41, 5.74) is 2.53. The Morgan fingerprint density at radius 2 is 2.04 bits per heavy atom. The molecule has 0 saturated carbocycles. The third-order valence-corrected chi connectivity index (χ3v) is 4.07. The van der Waals surface area contributed by atoms with Crippen LogP contribution in [0.4, 0.5) is 4.39 Å². The van der Waals surface area contributed by atoms with Gasteiger partial charge in [-0.15, -0.1) is 0 Å². The molecule has 1 N–H and O–H groups in total. The van der Waals surface area contributed by atoms with Crippen molar-refractivity contribution in [3.05, 3.63) is 71.6 Å². The van der Waals surface area contributed by atoms with Crippen LogP contribution in [-0.4, -0.2) is 33.8 Å². The Morgan fingerprint density at radius 1 is 1.30 bits per heavy atom. The Balaban J connectivity index is 1.73. The van der Waals surface area contributed by atoms with Crippen molar-refractivity contribution in [2.75, 3.05) is 7.11 Å². The third kappa shape index (κ3) is 4.31. The Bertz CT molecular complexity index is 940. The van der Waals surface area contributed by atoms with Crippen LogP contribution in [0.25, 0.3) is 5.69 Å². The molecule has 1 atom stereocenters. The van der Waals surface area contributed by atoms with E-state index in [1.165, 1.54) is 13.3 Å². The number of rotatable bonds is 6. The molecule has 0 bridgehead atoms. The maximum atomic E-state index is 14.0. The third-order valence-electron chi connectivity index (χ3n) is 4.07. The molecule has 27 heavy (non-hydrogen) atoms. The molecule has 1 aromatic carbocycles. The summed E-state index contributed by atoms with van der Waals surface area (Å²) >= 11 is 0. The van der Waals surface area contributed by atoms with Crippen LogP contribution in [0.3, 0.4) is 0 Å². The Morgan fingerprint density at radius 3 is 2.70 bits per heavy atom. The minimum atomic E-state index is -0.718. The maximum Gasteiger partial charge on any atom is 0.273 e. The van der Waals surface area contributed by atoms with Crippen LogP contribution in [0.5, 0.6) is 5.75 Å². The highest BCUT2D eigenvalue weighted by atomic mass is 19.1. The number of carbonyl (C=O) groups is 1. The van der Waals surface area contributed by atoms with Gasteiger partial charge in [-0.05, 0) is 32.0 Å². The van der Waals surface area contributed by atoms with E-state index in [2.05, 4.69) is 15.4 Å². The van der Waals surface area contributed by atoms with Crippen LogP contribution in [0.2, 0.25) is 0 Å². The monoisotopic (exact) mass is 368 g/mol. The van der Waals surface area contributed by atoms with Crippen molar-refractivity contribution < 1.29 is 13.9 Å². The molecule has 1 unspecified atom stereocenters. The van der Waals surface area contributed by atoms with Gasteiger partial charge in [0, 0.05) is 24.2 Å². The van der Waals surface area contributed by atoms with E-state index in [4.69, 9.17) is 4.74 Å². The number of nitrogens with one attached hydrogen (secondary N) is 1. The van der Waals surface area contributed by atoms with E-state index in [0.717, 1.165) is 23.1 Å². The van der Waals surface area contributed by atoms with Gasteiger partial charge in [0.15, 0.2) is 11.5 Å². The molecule has 3 aromatic rings. The zero-order chi connectivity index (χ0) is 19.4. The predicted octanol–water partition coefficient (Wildman–Crippen LogP) is 3.08. The lowest BCUT2D eigenvalue weighted by Crippen LogP contribution is -2.35. The molecule has 0 fully saturated rings. The first-order valence-electron chi connectivity index (χ1n) is 8.59. The second-order valence-electron chi connectivity index (χ2n) is 6.31. The van der Waals surface area contributed by atoms with Crippen LogP contribution in [0, 0.1) is 12.7 Å². The fourth-order valence-corrected chi connectivity index (χ4v) is 2.85. The SMILES string of the molecule is COc1cnc(C(=O)NC(C)Cc2cc(C)nn2-c2ccccc2)c(F)c1. The summed E-state index contributed by atoms with van der Waals surface area (Å²) in [5, 5.41) is 7.31. The van der Waals surface area contributed by atoms with Crippen molar-refractivity contribution >= 4 is 5.91 Å². The minimum Gasteiger partial charge on any atom is -0.495 e. The predicted molar refractivity (Wildman–Crippen MR) is 99.7 cm³/mol. The zero-order valence-corrected chi connectivity index (χ0v) is 15.4. The van der Waals surface area contributed by atoms with Gasteiger partial charge in [0.1, 0.15) is 5.75 Å². The van der Waals surface area contributed by atoms with E-state index >= 15 is 0 Å². The van der Waals surface area contributed by atoms with Gasteiger partial charge in [-0.3, -0.25) is 4.79 Å². The fourth-order valence-electron chi connectivity index (χ4n) is 2.85. The van der Waals surface area contributed by atoms with E-state index < -0.39 is 11.7 Å². The normalized spacial score (nSPS) is 11.9. The molecule has 0 radical (unpaired) electrons. The number of amides is 1. The second kappa shape index (κ2) is 7.99. The van der Waals surface area contributed by atoms with Crippen molar-refractivity contribution in [2.45, 2.75) is 26.3 Å². The first kappa shape index (κ1) is 18.6. The summed E-state index contributed by atoms with van der Waals surface area (Å²) in [7, 11) is 1.41. The first-order chi connectivity index (χ1) is 13.0. The number of halogens is 1. The first-order valence-corrected chi connectivity index (χ1v) is 8.59. The lowest BCUT2D eigenvalue weighted by molar-refractivity contribution is 0.0930. The molecule has 0 aliphatic rings. The molecule has 0 aliphatic carbocycles. The van der Waals surface area contributed by atoms with Gasteiger partial charge < -0.3 is 10.1 Å². The molecule has 3 rings (SSSR count). The number of hydrogen-bond donors (Lipinski definition) is 1. The van der Waals surface area contributed by atoms with Crippen molar-refractivity contribution in [1.29, 1.82) is 0 Å². The van der Waals surface area contributed by atoms with Crippen molar-refractivity contribution in [1.82, 2.24) is 20.1 Å². The smallest absolute Gasteiger partial charge is 0.273 e. The van der Waals surface area contributed by atoms with Crippen molar-refractivity contribution in [3.63, 3.8) is 0 Å². The zero-order valence-electron chi connectivity index (χ0n) is 15.4. The quantitative estimate of drug-likeness (QED) is 0.726. The topological polar surface area (TPSA) is 69.0 Å². The van der Waals surface area contributed by atoms with E-state index in [1.54, 1.807) is 0 Å².